The molecule has 0 saturated carbocycles. The molecule has 1 aromatic carbocycles. The SMILES string of the molecule is COC(C)(C)CC1(C)CC(N)c2cc(C)ccc2O1. The zero-order valence-electron chi connectivity index (χ0n) is 12.6. The standard InChI is InChI=1S/C16H25NO2/c1-11-6-7-14-12(8-11)13(17)9-16(4,19-14)10-15(2,3)18-5/h6-8,13H,9-10,17H2,1-5H3. The normalized spacial score (nSPS) is 26.7. The van der Waals surface area contributed by atoms with Crippen molar-refractivity contribution in [1.29, 1.82) is 0 Å². The molecule has 0 fully saturated rings. The second-order valence-electron chi connectivity index (χ2n) is 6.54. The molecule has 2 rings (SSSR count). The van der Waals surface area contributed by atoms with E-state index >= 15 is 0 Å². The lowest BCUT2D eigenvalue weighted by Crippen LogP contribution is -2.46. The van der Waals surface area contributed by atoms with Gasteiger partial charge in [0.05, 0.1) is 5.60 Å². The molecule has 19 heavy (non-hydrogen) atoms. The van der Waals surface area contributed by atoms with Gasteiger partial charge >= 0.3 is 0 Å². The Morgan fingerprint density at radius 2 is 2.16 bits per heavy atom. The number of ether oxygens (including phenoxy) is 2. The third-order valence-electron chi connectivity index (χ3n) is 3.93. The van der Waals surface area contributed by atoms with Gasteiger partial charge in [-0.2, -0.15) is 0 Å². The number of aryl methyl sites for hydroxylation is 1. The molecule has 2 atom stereocenters. The topological polar surface area (TPSA) is 44.5 Å². The van der Waals surface area contributed by atoms with E-state index in [4.69, 9.17) is 15.2 Å². The molecule has 3 nitrogen and oxygen atoms in total. The lowest BCUT2D eigenvalue weighted by molar-refractivity contribution is -0.0580. The summed E-state index contributed by atoms with van der Waals surface area (Å²) < 4.78 is 11.7. The Kier molecular flexibility index (Phi) is 3.63. The molecule has 0 aliphatic carbocycles. The first kappa shape index (κ1) is 14.4. The van der Waals surface area contributed by atoms with Gasteiger partial charge in [-0.25, -0.2) is 0 Å². The van der Waals surface area contributed by atoms with Gasteiger partial charge in [0.2, 0.25) is 0 Å². The summed E-state index contributed by atoms with van der Waals surface area (Å²) in [6, 6.07) is 6.25. The van der Waals surface area contributed by atoms with Crippen molar-refractivity contribution in [3.8, 4) is 5.75 Å². The first-order chi connectivity index (χ1) is 8.75. The highest BCUT2D eigenvalue weighted by molar-refractivity contribution is 5.41. The summed E-state index contributed by atoms with van der Waals surface area (Å²) >= 11 is 0. The molecule has 2 N–H and O–H groups in total. The van der Waals surface area contributed by atoms with Crippen molar-refractivity contribution in [2.75, 3.05) is 7.11 Å². The summed E-state index contributed by atoms with van der Waals surface area (Å²) in [5, 5.41) is 0. The number of benzene rings is 1. The van der Waals surface area contributed by atoms with E-state index in [-0.39, 0.29) is 17.2 Å². The molecule has 0 amide bonds. The zero-order chi connectivity index (χ0) is 14.3. The molecule has 0 spiro atoms. The van der Waals surface area contributed by atoms with E-state index in [1.807, 2.05) is 6.07 Å². The van der Waals surface area contributed by atoms with Crippen LogP contribution in [0.5, 0.6) is 5.75 Å². The Labute approximate surface area is 116 Å². The minimum absolute atomic E-state index is 0.0290. The quantitative estimate of drug-likeness (QED) is 0.909. The van der Waals surface area contributed by atoms with Crippen molar-refractivity contribution in [2.24, 2.45) is 5.73 Å². The van der Waals surface area contributed by atoms with Crippen molar-refractivity contribution in [3.05, 3.63) is 29.3 Å². The maximum atomic E-state index is 6.33. The minimum Gasteiger partial charge on any atom is -0.487 e. The predicted molar refractivity (Wildman–Crippen MR) is 77.5 cm³/mol. The lowest BCUT2D eigenvalue weighted by Gasteiger charge is -2.42. The van der Waals surface area contributed by atoms with Gasteiger partial charge in [-0.3, -0.25) is 0 Å². The maximum absolute atomic E-state index is 6.33. The summed E-state index contributed by atoms with van der Waals surface area (Å²) in [5.41, 5.74) is 8.18. The van der Waals surface area contributed by atoms with E-state index in [2.05, 4.69) is 39.8 Å². The molecule has 1 heterocycles. The van der Waals surface area contributed by atoms with Crippen LogP contribution in [0.2, 0.25) is 0 Å². The van der Waals surface area contributed by atoms with Crippen molar-refractivity contribution >= 4 is 0 Å². The van der Waals surface area contributed by atoms with Gasteiger partial charge in [0.15, 0.2) is 0 Å². The number of methoxy groups -OCH3 is 1. The Morgan fingerprint density at radius 1 is 1.47 bits per heavy atom. The van der Waals surface area contributed by atoms with Crippen LogP contribution in [0.4, 0.5) is 0 Å². The van der Waals surface area contributed by atoms with Crippen LogP contribution in [-0.4, -0.2) is 18.3 Å². The lowest BCUT2D eigenvalue weighted by atomic mass is 9.81. The third kappa shape index (κ3) is 3.10. The minimum atomic E-state index is -0.277. The molecule has 0 saturated heterocycles. The Bertz CT molecular complexity index is 470. The first-order valence-electron chi connectivity index (χ1n) is 6.85. The van der Waals surface area contributed by atoms with Crippen LogP contribution < -0.4 is 10.5 Å². The number of hydrogen-bond donors (Lipinski definition) is 1. The first-order valence-corrected chi connectivity index (χ1v) is 6.85. The molecule has 0 aromatic heterocycles. The molecule has 3 heteroatoms. The van der Waals surface area contributed by atoms with Gasteiger partial charge in [0.1, 0.15) is 11.4 Å². The van der Waals surface area contributed by atoms with Gasteiger partial charge in [0, 0.05) is 31.6 Å². The molecule has 1 aliphatic heterocycles. The molecular formula is C16H25NO2. The molecule has 106 valence electrons. The summed E-state index contributed by atoms with van der Waals surface area (Å²) in [4.78, 5) is 0. The highest BCUT2D eigenvalue weighted by Gasteiger charge is 2.40. The van der Waals surface area contributed by atoms with Crippen LogP contribution in [0.1, 0.15) is 50.8 Å². The van der Waals surface area contributed by atoms with E-state index in [0.29, 0.717) is 0 Å². The van der Waals surface area contributed by atoms with Gasteiger partial charge in [-0.1, -0.05) is 17.7 Å². The smallest absolute Gasteiger partial charge is 0.124 e. The molecule has 2 unspecified atom stereocenters. The Morgan fingerprint density at radius 3 is 2.79 bits per heavy atom. The number of hydrogen-bond acceptors (Lipinski definition) is 3. The van der Waals surface area contributed by atoms with Crippen molar-refractivity contribution < 1.29 is 9.47 Å². The van der Waals surface area contributed by atoms with E-state index < -0.39 is 0 Å². The van der Waals surface area contributed by atoms with Crippen molar-refractivity contribution in [1.82, 2.24) is 0 Å². The maximum Gasteiger partial charge on any atom is 0.124 e. The monoisotopic (exact) mass is 263 g/mol. The molecule has 1 aliphatic rings. The summed E-state index contributed by atoms with van der Waals surface area (Å²) in [6.45, 7) is 8.36. The van der Waals surface area contributed by atoms with E-state index in [1.165, 1.54) is 5.56 Å². The van der Waals surface area contributed by atoms with Gasteiger partial charge in [-0.15, -0.1) is 0 Å². The fourth-order valence-electron chi connectivity index (χ4n) is 3.01. The second-order valence-corrected chi connectivity index (χ2v) is 6.54. The fraction of sp³-hybridized carbons (Fsp3) is 0.625. The van der Waals surface area contributed by atoms with E-state index in [0.717, 1.165) is 24.2 Å². The number of nitrogens with two attached hydrogens (primary N) is 1. The second kappa shape index (κ2) is 4.80. The van der Waals surface area contributed by atoms with Crippen molar-refractivity contribution in [2.45, 2.75) is 57.8 Å². The van der Waals surface area contributed by atoms with E-state index in [9.17, 15) is 0 Å². The van der Waals surface area contributed by atoms with Crippen molar-refractivity contribution in [3.63, 3.8) is 0 Å². The highest BCUT2D eigenvalue weighted by Crippen LogP contribution is 2.42. The van der Waals surface area contributed by atoms with Gasteiger partial charge < -0.3 is 15.2 Å². The van der Waals surface area contributed by atoms with Gasteiger partial charge in [-0.05, 0) is 33.8 Å². The average molecular weight is 263 g/mol. The van der Waals surface area contributed by atoms with Crippen LogP contribution in [0.3, 0.4) is 0 Å². The largest absolute Gasteiger partial charge is 0.487 e. The van der Waals surface area contributed by atoms with Crippen LogP contribution in [0, 0.1) is 6.92 Å². The Hall–Kier alpha value is -1.06. The van der Waals surface area contributed by atoms with Crippen LogP contribution in [0.15, 0.2) is 18.2 Å². The van der Waals surface area contributed by atoms with Crippen LogP contribution in [0.25, 0.3) is 0 Å². The van der Waals surface area contributed by atoms with Gasteiger partial charge in [0.25, 0.3) is 0 Å². The third-order valence-corrected chi connectivity index (χ3v) is 3.93. The van der Waals surface area contributed by atoms with Crippen LogP contribution in [-0.2, 0) is 4.74 Å². The molecular weight excluding hydrogens is 238 g/mol. The average Bonchev–Trinajstić information content (AvgIpc) is 2.29. The molecule has 0 bridgehead atoms. The summed E-state index contributed by atoms with van der Waals surface area (Å²) in [7, 11) is 1.74. The number of rotatable bonds is 3. The molecule has 0 radical (unpaired) electrons. The van der Waals surface area contributed by atoms with E-state index in [1.54, 1.807) is 7.11 Å². The Balaban J connectivity index is 2.27. The predicted octanol–water partition coefficient (Wildman–Crippen LogP) is 3.35. The fourth-order valence-corrected chi connectivity index (χ4v) is 3.01. The molecule has 1 aromatic rings. The number of fused-ring (bicyclic) bond motifs is 1. The zero-order valence-corrected chi connectivity index (χ0v) is 12.6. The summed E-state index contributed by atoms with van der Waals surface area (Å²) in [5.74, 6) is 0.916. The highest BCUT2D eigenvalue weighted by atomic mass is 16.5. The van der Waals surface area contributed by atoms with Crippen LogP contribution >= 0.6 is 0 Å². The summed E-state index contributed by atoms with van der Waals surface area (Å²) in [6.07, 6.45) is 1.63.